The lowest BCUT2D eigenvalue weighted by Crippen LogP contribution is -2.47. The van der Waals surface area contributed by atoms with Gasteiger partial charge in [0.1, 0.15) is 0 Å². The first-order valence-electron chi connectivity index (χ1n) is 5.71. The van der Waals surface area contributed by atoms with Crippen LogP contribution in [0.15, 0.2) is 27.4 Å². The molecule has 1 aromatic heterocycles. The summed E-state index contributed by atoms with van der Waals surface area (Å²) in [5.41, 5.74) is 0.207. The number of ether oxygens (including phenoxy) is 1. The molecule has 19 heavy (non-hydrogen) atoms. The topological polar surface area (TPSA) is 85.2 Å². The minimum absolute atomic E-state index is 0.110. The molecule has 1 aliphatic heterocycles. The van der Waals surface area contributed by atoms with Crippen molar-refractivity contribution in [3.05, 3.63) is 34.3 Å². The third kappa shape index (κ3) is 1.52. The lowest BCUT2D eigenvalue weighted by molar-refractivity contribution is -0.0566. The third-order valence-electron chi connectivity index (χ3n) is 3.40. The van der Waals surface area contributed by atoms with E-state index in [0.29, 0.717) is 16.7 Å². The molecule has 0 atom stereocenters. The van der Waals surface area contributed by atoms with Gasteiger partial charge in [-0.15, -0.1) is 0 Å². The molecule has 0 bridgehead atoms. The van der Waals surface area contributed by atoms with Gasteiger partial charge in [-0.05, 0) is 18.2 Å². The van der Waals surface area contributed by atoms with Crippen LogP contribution in [0.2, 0.25) is 0 Å². The van der Waals surface area contributed by atoms with Crippen LogP contribution in [0.3, 0.4) is 0 Å². The van der Waals surface area contributed by atoms with Crippen LogP contribution < -0.4 is 5.76 Å². The van der Waals surface area contributed by atoms with Crippen molar-refractivity contribution in [2.45, 2.75) is 0 Å². The Morgan fingerprint density at radius 2 is 2.21 bits per heavy atom. The van der Waals surface area contributed by atoms with Gasteiger partial charge in [-0.3, -0.25) is 9.36 Å². The highest BCUT2D eigenvalue weighted by Gasteiger charge is 2.46. The average molecular weight is 258 g/mol. The summed E-state index contributed by atoms with van der Waals surface area (Å²) in [5, 5.41) is 9.10. The number of carbonyl (C=O) groups is 1. The van der Waals surface area contributed by atoms with E-state index in [1.165, 1.54) is 10.6 Å². The molecule has 6 heteroatoms. The van der Waals surface area contributed by atoms with Gasteiger partial charge >= 0.3 is 5.76 Å². The van der Waals surface area contributed by atoms with Crippen molar-refractivity contribution in [2.24, 2.45) is 12.5 Å². The number of carbonyl (C=O) groups excluding carboxylic acids is 1. The number of aryl methyl sites for hydroxylation is 1. The maximum Gasteiger partial charge on any atom is 0.419 e. The number of aromatic nitrogens is 1. The molecule has 0 aliphatic carbocycles. The van der Waals surface area contributed by atoms with Crippen molar-refractivity contribution in [3.8, 4) is 6.07 Å². The SMILES string of the molecule is Cn1c(=O)oc2cc(C(=O)C3(C#N)COC3)ccc21. The largest absolute Gasteiger partial charge is 0.419 e. The van der Waals surface area contributed by atoms with Crippen LogP contribution in [0.1, 0.15) is 10.4 Å². The molecule has 0 spiro atoms. The summed E-state index contributed by atoms with van der Waals surface area (Å²) in [7, 11) is 1.59. The fourth-order valence-electron chi connectivity index (χ4n) is 2.10. The molecular formula is C13H10N2O4. The minimum atomic E-state index is -1.09. The Balaban J connectivity index is 2.09. The van der Waals surface area contributed by atoms with Crippen LogP contribution in [0.5, 0.6) is 0 Å². The number of Topliss-reactive ketones (excluding diaryl/α,β-unsaturated/α-hetero) is 1. The Labute approximate surface area is 107 Å². The molecule has 96 valence electrons. The zero-order valence-electron chi connectivity index (χ0n) is 10.2. The lowest BCUT2D eigenvalue weighted by atomic mass is 9.80. The van der Waals surface area contributed by atoms with Gasteiger partial charge in [-0.1, -0.05) is 0 Å². The predicted molar refractivity (Wildman–Crippen MR) is 64.7 cm³/mol. The Morgan fingerprint density at radius 3 is 2.79 bits per heavy atom. The van der Waals surface area contributed by atoms with E-state index in [1.54, 1.807) is 19.2 Å². The van der Waals surface area contributed by atoms with E-state index in [9.17, 15) is 9.59 Å². The van der Waals surface area contributed by atoms with Crippen LogP contribution in [0.25, 0.3) is 11.1 Å². The number of benzene rings is 1. The first kappa shape index (κ1) is 11.7. The standard InChI is InChI=1S/C13H10N2O4/c1-15-9-3-2-8(4-10(9)19-12(15)17)11(16)13(5-14)6-18-7-13/h2-4H,6-7H2,1H3. The molecule has 1 aliphatic rings. The summed E-state index contributed by atoms with van der Waals surface area (Å²) < 4.78 is 11.3. The maximum absolute atomic E-state index is 12.3. The van der Waals surface area contributed by atoms with Crippen LogP contribution in [-0.4, -0.2) is 23.6 Å². The van der Waals surface area contributed by atoms with E-state index in [1.807, 2.05) is 6.07 Å². The number of ketones is 1. The second-order valence-electron chi connectivity index (χ2n) is 4.63. The van der Waals surface area contributed by atoms with Crippen molar-refractivity contribution in [3.63, 3.8) is 0 Å². The van der Waals surface area contributed by atoms with Gasteiger partial charge in [0.25, 0.3) is 0 Å². The van der Waals surface area contributed by atoms with E-state index in [-0.39, 0.29) is 19.0 Å². The predicted octanol–water partition coefficient (Wildman–Crippen LogP) is 0.854. The zero-order valence-corrected chi connectivity index (χ0v) is 10.2. The number of rotatable bonds is 2. The molecule has 0 unspecified atom stereocenters. The van der Waals surface area contributed by atoms with Crippen molar-refractivity contribution in [1.29, 1.82) is 5.26 Å². The number of hydrogen-bond donors (Lipinski definition) is 0. The molecule has 0 saturated carbocycles. The summed E-state index contributed by atoms with van der Waals surface area (Å²) in [4.78, 5) is 23.7. The number of oxazole rings is 1. The van der Waals surface area contributed by atoms with Gasteiger partial charge in [0.15, 0.2) is 16.8 Å². The second-order valence-corrected chi connectivity index (χ2v) is 4.63. The third-order valence-corrected chi connectivity index (χ3v) is 3.40. The quantitative estimate of drug-likeness (QED) is 0.745. The molecule has 1 fully saturated rings. The number of hydrogen-bond acceptors (Lipinski definition) is 5. The van der Waals surface area contributed by atoms with Gasteiger partial charge in [0.2, 0.25) is 0 Å². The number of fused-ring (bicyclic) bond motifs is 1. The smallest absolute Gasteiger partial charge is 0.408 e. The van der Waals surface area contributed by atoms with E-state index < -0.39 is 11.2 Å². The Bertz CT molecular complexity index is 774. The summed E-state index contributed by atoms with van der Waals surface area (Å²) in [6, 6.07) is 6.73. The van der Waals surface area contributed by atoms with Crippen molar-refractivity contribution in [1.82, 2.24) is 4.57 Å². The molecule has 0 N–H and O–H groups in total. The summed E-state index contributed by atoms with van der Waals surface area (Å²) in [5.74, 6) is -0.781. The molecule has 1 saturated heterocycles. The van der Waals surface area contributed by atoms with E-state index in [0.717, 1.165) is 0 Å². The van der Waals surface area contributed by atoms with Gasteiger partial charge < -0.3 is 9.15 Å². The normalized spacial score (nSPS) is 16.8. The number of nitrogens with zero attached hydrogens (tertiary/aromatic N) is 2. The number of nitriles is 1. The molecule has 2 heterocycles. The molecule has 6 nitrogen and oxygen atoms in total. The van der Waals surface area contributed by atoms with Crippen LogP contribution in [0, 0.1) is 16.7 Å². The lowest BCUT2D eigenvalue weighted by Gasteiger charge is -2.33. The molecule has 3 rings (SSSR count). The summed E-state index contributed by atoms with van der Waals surface area (Å²) in [6.07, 6.45) is 0. The van der Waals surface area contributed by atoms with Crippen LogP contribution in [0.4, 0.5) is 0 Å². The highest BCUT2D eigenvalue weighted by molar-refractivity contribution is 6.04. The Kier molecular flexibility index (Phi) is 2.34. The Hall–Kier alpha value is -2.39. The maximum atomic E-state index is 12.3. The molecule has 0 amide bonds. The highest BCUT2D eigenvalue weighted by Crippen LogP contribution is 2.31. The second kappa shape index (κ2) is 3.80. The fourth-order valence-corrected chi connectivity index (χ4v) is 2.10. The van der Waals surface area contributed by atoms with Crippen molar-refractivity contribution < 1.29 is 13.9 Å². The van der Waals surface area contributed by atoms with Crippen LogP contribution in [-0.2, 0) is 11.8 Å². The molecule has 1 aromatic carbocycles. The average Bonchev–Trinajstić information content (AvgIpc) is 2.64. The van der Waals surface area contributed by atoms with E-state index in [4.69, 9.17) is 14.4 Å². The van der Waals surface area contributed by atoms with Crippen molar-refractivity contribution in [2.75, 3.05) is 13.2 Å². The molecular weight excluding hydrogens is 248 g/mol. The van der Waals surface area contributed by atoms with Gasteiger partial charge in [0.05, 0.1) is 24.8 Å². The molecule has 0 radical (unpaired) electrons. The Morgan fingerprint density at radius 1 is 1.47 bits per heavy atom. The fraction of sp³-hybridized carbons (Fsp3) is 0.308. The monoisotopic (exact) mass is 258 g/mol. The zero-order chi connectivity index (χ0) is 13.6. The van der Waals surface area contributed by atoms with Gasteiger partial charge in [-0.25, -0.2) is 4.79 Å². The minimum Gasteiger partial charge on any atom is -0.408 e. The van der Waals surface area contributed by atoms with E-state index in [2.05, 4.69) is 0 Å². The van der Waals surface area contributed by atoms with Gasteiger partial charge in [-0.2, -0.15) is 5.26 Å². The first-order valence-corrected chi connectivity index (χ1v) is 5.71. The van der Waals surface area contributed by atoms with Crippen molar-refractivity contribution >= 4 is 16.9 Å². The van der Waals surface area contributed by atoms with E-state index >= 15 is 0 Å². The summed E-state index contributed by atoms with van der Waals surface area (Å²) >= 11 is 0. The molecule has 2 aromatic rings. The summed E-state index contributed by atoms with van der Waals surface area (Å²) in [6.45, 7) is 0.220. The van der Waals surface area contributed by atoms with Crippen LogP contribution >= 0.6 is 0 Å². The highest BCUT2D eigenvalue weighted by atomic mass is 16.5. The van der Waals surface area contributed by atoms with Gasteiger partial charge in [0, 0.05) is 12.6 Å². The first-order chi connectivity index (χ1) is 9.07.